The zero-order valence-corrected chi connectivity index (χ0v) is 9.96. The van der Waals surface area contributed by atoms with E-state index in [9.17, 15) is 13.2 Å². The van der Waals surface area contributed by atoms with Crippen LogP contribution in [0, 0.1) is 5.92 Å². The summed E-state index contributed by atoms with van der Waals surface area (Å²) in [6.45, 7) is 1.10. The summed E-state index contributed by atoms with van der Waals surface area (Å²) < 4.78 is 27.6. The van der Waals surface area contributed by atoms with Crippen molar-refractivity contribution >= 4 is 15.7 Å². The van der Waals surface area contributed by atoms with E-state index in [0.717, 1.165) is 12.8 Å². The van der Waals surface area contributed by atoms with Gasteiger partial charge in [-0.2, -0.15) is 0 Å². The first kappa shape index (κ1) is 11.9. The number of carbonyl (C=O) groups is 1. The Labute approximate surface area is 95.5 Å². The van der Waals surface area contributed by atoms with Gasteiger partial charge in [-0.1, -0.05) is 0 Å². The van der Waals surface area contributed by atoms with Gasteiger partial charge in [0.15, 0.2) is 9.84 Å². The first-order valence-electron chi connectivity index (χ1n) is 5.66. The van der Waals surface area contributed by atoms with E-state index < -0.39 is 9.84 Å². The van der Waals surface area contributed by atoms with Crippen LogP contribution >= 0.6 is 0 Å². The number of ether oxygens (including phenoxy) is 1. The van der Waals surface area contributed by atoms with E-state index in [1.54, 1.807) is 0 Å². The molecule has 6 heteroatoms. The van der Waals surface area contributed by atoms with Crippen molar-refractivity contribution in [3.8, 4) is 0 Å². The monoisotopic (exact) mass is 247 g/mol. The first-order chi connectivity index (χ1) is 7.57. The Kier molecular flexibility index (Phi) is 3.49. The topological polar surface area (TPSA) is 72.5 Å². The quantitative estimate of drug-likeness (QED) is 0.744. The predicted molar refractivity (Wildman–Crippen MR) is 58.7 cm³/mol. The van der Waals surface area contributed by atoms with Crippen LogP contribution in [0.15, 0.2) is 0 Å². The molecule has 2 aliphatic heterocycles. The lowest BCUT2D eigenvalue weighted by atomic mass is 10.1. The number of amides is 1. The largest absolute Gasteiger partial charge is 0.368 e. The van der Waals surface area contributed by atoms with Crippen molar-refractivity contribution in [2.75, 3.05) is 24.7 Å². The molecule has 2 atom stereocenters. The van der Waals surface area contributed by atoms with Gasteiger partial charge in [0, 0.05) is 13.2 Å². The molecule has 2 fully saturated rings. The van der Waals surface area contributed by atoms with Crippen LogP contribution < -0.4 is 5.32 Å². The van der Waals surface area contributed by atoms with Gasteiger partial charge in [-0.05, 0) is 25.2 Å². The lowest BCUT2D eigenvalue weighted by Crippen LogP contribution is -2.37. The molecule has 1 amide bonds. The second-order valence-electron chi connectivity index (χ2n) is 4.52. The van der Waals surface area contributed by atoms with E-state index in [4.69, 9.17) is 4.74 Å². The van der Waals surface area contributed by atoms with E-state index in [1.807, 2.05) is 0 Å². The molecule has 5 nitrogen and oxygen atoms in total. The maximum atomic E-state index is 11.6. The van der Waals surface area contributed by atoms with Gasteiger partial charge in [0.1, 0.15) is 6.10 Å². The molecule has 0 radical (unpaired) electrons. The lowest BCUT2D eigenvalue weighted by Gasteiger charge is -2.12. The molecule has 2 aliphatic rings. The molecule has 2 heterocycles. The summed E-state index contributed by atoms with van der Waals surface area (Å²) in [7, 11) is -2.84. The fraction of sp³-hybridized carbons (Fsp3) is 0.900. The Morgan fingerprint density at radius 1 is 1.38 bits per heavy atom. The third-order valence-corrected chi connectivity index (χ3v) is 4.95. The van der Waals surface area contributed by atoms with Crippen molar-refractivity contribution in [1.29, 1.82) is 0 Å². The van der Waals surface area contributed by atoms with Crippen LogP contribution in [-0.4, -0.2) is 45.1 Å². The number of hydrogen-bond acceptors (Lipinski definition) is 4. The molecule has 1 N–H and O–H groups in total. The zero-order valence-electron chi connectivity index (χ0n) is 9.15. The number of carbonyl (C=O) groups excluding carboxylic acids is 1. The summed E-state index contributed by atoms with van der Waals surface area (Å²) in [6.07, 6.45) is 2.04. The maximum absolute atomic E-state index is 11.6. The molecular formula is C10H17NO4S. The van der Waals surface area contributed by atoms with Crippen molar-refractivity contribution in [1.82, 2.24) is 5.32 Å². The second kappa shape index (κ2) is 4.71. The van der Waals surface area contributed by atoms with Gasteiger partial charge in [0.25, 0.3) is 0 Å². The smallest absolute Gasteiger partial charge is 0.249 e. The van der Waals surface area contributed by atoms with Crippen molar-refractivity contribution in [2.24, 2.45) is 5.92 Å². The normalized spacial score (nSPS) is 32.8. The number of rotatable bonds is 3. The van der Waals surface area contributed by atoms with Crippen molar-refractivity contribution in [3.05, 3.63) is 0 Å². The third kappa shape index (κ3) is 2.95. The molecular weight excluding hydrogens is 230 g/mol. The lowest BCUT2D eigenvalue weighted by molar-refractivity contribution is -0.130. The van der Waals surface area contributed by atoms with Gasteiger partial charge >= 0.3 is 0 Å². The van der Waals surface area contributed by atoms with E-state index in [0.29, 0.717) is 19.6 Å². The Morgan fingerprint density at radius 3 is 2.75 bits per heavy atom. The summed E-state index contributed by atoms with van der Waals surface area (Å²) in [5.74, 6) is 0.448. The second-order valence-corrected chi connectivity index (χ2v) is 6.74. The molecule has 0 bridgehead atoms. The first-order valence-corrected chi connectivity index (χ1v) is 7.49. The summed E-state index contributed by atoms with van der Waals surface area (Å²) in [4.78, 5) is 11.6. The van der Waals surface area contributed by atoms with Crippen LogP contribution in [0.5, 0.6) is 0 Å². The summed E-state index contributed by atoms with van der Waals surface area (Å²) >= 11 is 0. The highest BCUT2D eigenvalue weighted by molar-refractivity contribution is 7.91. The average molecular weight is 247 g/mol. The predicted octanol–water partition coefficient (Wildman–Crippen LogP) is -0.284. The minimum Gasteiger partial charge on any atom is -0.368 e. The molecule has 0 aromatic heterocycles. The molecule has 92 valence electrons. The fourth-order valence-electron chi connectivity index (χ4n) is 2.18. The molecule has 2 saturated heterocycles. The van der Waals surface area contributed by atoms with Gasteiger partial charge in [-0.25, -0.2) is 8.42 Å². The minimum absolute atomic E-state index is 0.0790. The molecule has 0 spiro atoms. The standard InChI is InChI=1S/C10H17NO4S/c12-10(9-2-1-4-15-9)11-6-8-3-5-16(13,14)7-8/h8-9H,1-7H2,(H,11,12)/t8-,9+/m0/s1. The summed E-state index contributed by atoms with van der Waals surface area (Å²) in [6, 6.07) is 0. The van der Waals surface area contributed by atoms with Crippen molar-refractivity contribution in [2.45, 2.75) is 25.4 Å². The van der Waals surface area contributed by atoms with E-state index in [1.165, 1.54) is 0 Å². The van der Waals surface area contributed by atoms with E-state index >= 15 is 0 Å². The molecule has 0 unspecified atom stereocenters. The van der Waals surface area contributed by atoms with E-state index in [-0.39, 0.29) is 29.4 Å². The fourth-order valence-corrected chi connectivity index (χ4v) is 4.04. The van der Waals surface area contributed by atoms with Gasteiger partial charge < -0.3 is 10.1 Å². The Morgan fingerprint density at radius 2 is 2.19 bits per heavy atom. The van der Waals surface area contributed by atoms with E-state index in [2.05, 4.69) is 5.32 Å². The average Bonchev–Trinajstić information content (AvgIpc) is 2.83. The van der Waals surface area contributed by atoms with Crippen LogP contribution in [0.1, 0.15) is 19.3 Å². The molecule has 0 saturated carbocycles. The number of hydrogen-bond donors (Lipinski definition) is 1. The van der Waals surface area contributed by atoms with Gasteiger partial charge in [0.05, 0.1) is 11.5 Å². The van der Waals surface area contributed by atoms with Crippen LogP contribution in [-0.2, 0) is 19.4 Å². The molecule has 0 aromatic carbocycles. The van der Waals surface area contributed by atoms with Crippen LogP contribution in [0.2, 0.25) is 0 Å². The Balaban J connectivity index is 1.73. The highest BCUT2D eigenvalue weighted by Crippen LogP contribution is 2.18. The van der Waals surface area contributed by atoms with Crippen LogP contribution in [0.3, 0.4) is 0 Å². The number of nitrogens with one attached hydrogen (secondary N) is 1. The Bertz CT molecular complexity index is 359. The van der Waals surface area contributed by atoms with Gasteiger partial charge in [-0.15, -0.1) is 0 Å². The molecule has 2 rings (SSSR count). The van der Waals surface area contributed by atoms with Crippen molar-refractivity contribution in [3.63, 3.8) is 0 Å². The molecule has 0 aromatic rings. The van der Waals surface area contributed by atoms with Crippen molar-refractivity contribution < 1.29 is 17.9 Å². The maximum Gasteiger partial charge on any atom is 0.249 e. The highest BCUT2D eigenvalue weighted by Gasteiger charge is 2.29. The summed E-state index contributed by atoms with van der Waals surface area (Å²) in [5.41, 5.74) is 0. The third-order valence-electron chi connectivity index (χ3n) is 3.11. The minimum atomic E-state index is -2.84. The molecule has 0 aliphatic carbocycles. The Hall–Kier alpha value is -0.620. The van der Waals surface area contributed by atoms with Gasteiger partial charge in [-0.3, -0.25) is 4.79 Å². The van der Waals surface area contributed by atoms with Gasteiger partial charge in [0.2, 0.25) is 5.91 Å². The summed E-state index contributed by atoms with van der Waals surface area (Å²) in [5, 5.41) is 2.78. The van der Waals surface area contributed by atoms with Crippen LogP contribution in [0.4, 0.5) is 0 Å². The molecule has 16 heavy (non-hydrogen) atoms. The number of sulfone groups is 1. The SMILES string of the molecule is O=C(NC[C@@H]1CCS(=O)(=O)C1)[C@H]1CCCO1. The van der Waals surface area contributed by atoms with Crippen LogP contribution in [0.25, 0.3) is 0 Å². The highest BCUT2D eigenvalue weighted by atomic mass is 32.2. The zero-order chi connectivity index (χ0) is 11.6.